The Bertz CT molecular complexity index is 1500. The highest BCUT2D eigenvalue weighted by Crippen LogP contribution is 2.36. The molecular formula is C28H30F3N3O6S. The minimum Gasteiger partial charge on any atom is -0.493 e. The van der Waals surface area contributed by atoms with Crippen LogP contribution in [0.2, 0.25) is 0 Å². The summed E-state index contributed by atoms with van der Waals surface area (Å²) in [6.45, 7) is 5.43. The first-order chi connectivity index (χ1) is 19.2. The zero-order chi connectivity index (χ0) is 30.0. The summed E-state index contributed by atoms with van der Waals surface area (Å²) in [6, 6.07) is 7.67. The van der Waals surface area contributed by atoms with Crippen molar-refractivity contribution in [3.8, 4) is 5.75 Å². The fraction of sp³-hybridized carbons (Fsp3) is 0.393. The summed E-state index contributed by atoms with van der Waals surface area (Å²) in [5, 5.41) is 11.7. The number of halogens is 3. The minimum absolute atomic E-state index is 0.0158. The summed E-state index contributed by atoms with van der Waals surface area (Å²) in [7, 11) is -3.70. The Morgan fingerprint density at radius 2 is 1.93 bits per heavy atom. The SMILES string of the molecule is C=CCCOc1cc(C2=NC3(CCN(S(=O)(=O)CCc4ccc(C(=O)O)cc4C)CC3)C(=O)N2)cc(C(F)(F)F)c1. The second-order valence-electron chi connectivity index (χ2n) is 10.0. The molecule has 0 saturated carbocycles. The number of ether oxygens (including phenoxy) is 1. The van der Waals surface area contributed by atoms with E-state index < -0.39 is 39.2 Å². The van der Waals surface area contributed by atoms with Crippen LogP contribution in [-0.4, -0.2) is 66.5 Å². The lowest BCUT2D eigenvalue weighted by atomic mass is 9.89. The summed E-state index contributed by atoms with van der Waals surface area (Å²) in [5.74, 6) is -1.81. The smallest absolute Gasteiger partial charge is 0.416 e. The van der Waals surface area contributed by atoms with Crippen LogP contribution in [0.5, 0.6) is 5.75 Å². The van der Waals surface area contributed by atoms with Crippen molar-refractivity contribution in [2.45, 2.75) is 44.3 Å². The molecule has 1 amide bonds. The first kappa shape index (κ1) is 30.3. The van der Waals surface area contributed by atoms with Gasteiger partial charge in [0.25, 0.3) is 5.91 Å². The van der Waals surface area contributed by atoms with Crippen molar-refractivity contribution in [3.05, 3.63) is 76.9 Å². The zero-order valence-corrected chi connectivity index (χ0v) is 23.1. The third kappa shape index (κ3) is 6.79. The highest BCUT2D eigenvalue weighted by atomic mass is 32.2. The van der Waals surface area contributed by atoms with Gasteiger partial charge in [-0.2, -0.15) is 13.2 Å². The Labute approximate surface area is 235 Å². The van der Waals surface area contributed by atoms with Gasteiger partial charge < -0.3 is 15.2 Å². The number of aryl methyl sites for hydroxylation is 2. The van der Waals surface area contributed by atoms with Crippen molar-refractivity contribution in [1.82, 2.24) is 9.62 Å². The second kappa shape index (κ2) is 11.6. The molecule has 13 heteroatoms. The first-order valence-corrected chi connectivity index (χ1v) is 14.5. The number of amides is 1. The lowest BCUT2D eigenvalue weighted by Gasteiger charge is -2.34. The lowest BCUT2D eigenvalue weighted by molar-refractivity contribution is -0.137. The van der Waals surface area contributed by atoms with Crippen LogP contribution in [0.4, 0.5) is 13.2 Å². The third-order valence-corrected chi connectivity index (χ3v) is 9.11. The van der Waals surface area contributed by atoms with Crippen molar-refractivity contribution >= 4 is 27.7 Å². The van der Waals surface area contributed by atoms with Crippen molar-refractivity contribution in [3.63, 3.8) is 0 Å². The Balaban J connectivity index is 1.47. The fourth-order valence-electron chi connectivity index (χ4n) is 4.85. The summed E-state index contributed by atoms with van der Waals surface area (Å²) in [6.07, 6.45) is -2.33. The van der Waals surface area contributed by atoms with Crippen LogP contribution in [-0.2, 0) is 27.4 Å². The first-order valence-electron chi connectivity index (χ1n) is 12.9. The molecule has 1 spiro atoms. The monoisotopic (exact) mass is 593 g/mol. The molecule has 9 nitrogen and oxygen atoms in total. The van der Waals surface area contributed by atoms with E-state index in [9.17, 15) is 31.2 Å². The maximum Gasteiger partial charge on any atom is 0.416 e. The standard InChI is InChI=1S/C28H30F3N3O6S/c1-3-4-12-40-23-16-21(15-22(17-23)28(29,30)31)24-32-26(37)27(33-24)8-10-34(11-9-27)41(38,39)13-7-19-5-6-20(25(35)36)14-18(19)2/h3,5-6,14-17H,1,4,7-13H2,2H3,(H,35,36)(H,32,33,37). The Morgan fingerprint density at radius 1 is 1.22 bits per heavy atom. The van der Waals surface area contributed by atoms with Gasteiger partial charge in [0.1, 0.15) is 17.1 Å². The molecule has 4 rings (SSSR count). The predicted octanol–water partition coefficient (Wildman–Crippen LogP) is 3.95. The molecule has 0 radical (unpaired) electrons. The molecule has 1 saturated heterocycles. The van der Waals surface area contributed by atoms with Crippen molar-refractivity contribution in [2.75, 3.05) is 25.4 Å². The molecule has 2 aliphatic rings. The molecule has 2 aromatic carbocycles. The Hall–Kier alpha value is -3.71. The molecule has 0 unspecified atom stereocenters. The Morgan fingerprint density at radius 3 is 2.54 bits per heavy atom. The highest BCUT2D eigenvalue weighted by Gasteiger charge is 2.47. The largest absolute Gasteiger partial charge is 0.493 e. The van der Waals surface area contributed by atoms with Gasteiger partial charge in [-0.05, 0) is 74.1 Å². The van der Waals surface area contributed by atoms with Crippen LogP contribution in [0.15, 0.2) is 54.0 Å². The molecule has 0 atom stereocenters. The summed E-state index contributed by atoms with van der Waals surface area (Å²) in [4.78, 5) is 28.6. The van der Waals surface area contributed by atoms with Crippen LogP contribution in [0.1, 0.15) is 51.9 Å². The Kier molecular flexibility index (Phi) is 8.59. The number of rotatable bonds is 10. The number of piperidine rings is 1. The molecule has 2 heterocycles. The quantitative estimate of drug-likeness (QED) is 0.318. The number of hydrogen-bond donors (Lipinski definition) is 2. The van der Waals surface area contributed by atoms with Crippen LogP contribution in [0.3, 0.4) is 0 Å². The number of carbonyl (C=O) groups is 2. The molecule has 2 aromatic rings. The highest BCUT2D eigenvalue weighted by molar-refractivity contribution is 7.89. The minimum atomic E-state index is -4.65. The maximum absolute atomic E-state index is 13.6. The van der Waals surface area contributed by atoms with Crippen molar-refractivity contribution < 1.29 is 41.0 Å². The lowest BCUT2D eigenvalue weighted by Crippen LogP contribution is -2.50. The summed E-state index contributed by atoms with van der Waals surface area (Å²) in [5.41, 5.74) is -0.695. The molecule has 2 aliphatic heterocycles. The second-order valence-corrected chi connectivity index (χ2v) is 12.1. The van der Waals surface area contributed by atoms with Crippen LogP contribution < -0.4 is 10.1 Å². The van der Waals surface area contributed by atoms with Gasteiger partial charge in [-0.15, -0.1) is 6.58 Å². The fourth-order valence-corrected chi connectivity index (χ4v) is 6.32. The van der Waals surface area contributed by atoms with Crippen molar-refractivity contribution in [1.29, 1.82) is 0 Å². The van der Waals surface area contributed by atoms with E-state index in [0.29, 0.717) is 17.5 Å². The molecule has 220 valence electrons. The van der Waals surface area contributed by atoms with Gasteiger partial charge >= 0.3 is 12.1 Å². The number of carboxylic acid groups (broad SMARTS) is 1. The maximum atomic E-state index is 13.6. The normalized spacial score (nSPS) is 17.3. The number of hydrogen-bond acceptors (Lipinski definition) is 6. The van der Waals surface area contributed by atoms with Gasteiger partial charge in [0.05, 0.1) is 23.5 Å². The van der Waals surface area contributed by atoms with Crippen LogP contribution in [0, 0.1) is 6.92 Å². The van der Waals surface area contributed by atoms with Gasteiger partial charge in [-0.3, -0.25) is 9.79 Å². The van der Waals surface area contributed by atoms with Gasteiger partial charge in [-0.25, -0.2) is 17.5 Å². The van der Waals surface area contributed by atoms with E-state index >= 15 is 0 Å². The topological polar surface area (TPSA) is 125 Å². The number of benzene rings is 2. The number of carboxylic acids is 1. The number of amidine groups is 1. The number of aromatic carboxylic acids is 1. The molecular weight excluding hydrogens is 563 g/mol. The van der Waals surface area contributed by atoms with E-state index in [4.69, 9.17) is 9.84 Å². The van der Waals surface area contributed by atoms with E-state index in [1.165, 1.54) is 22.5 Å². The number of alkyl halides is 3. The molecule has 0 aromatic heterocycles. The summed E-state index contributed by atoms with van der Waals surface area (Å²) < 4.78 is 73.5. The average Bonchev–Trinajstić information content (AvgIpc) is 3.22. The molecule has 0 aliphatic carbocycles. The molecule has 0 bridgehead atoms. The van der Waals surface area contributed by atoms with E-state index in [1.807, 2.05) is 0 Å². The summed E-state index contributed by atoms with van der Waals surface area (Å²) >= 11 is 0. The van der Waals surface area contributed by atoms with E-state index in [0.717, 1.165) is 12.1 Å². The van der Waals surface area contributed by atoms with Gasteiger partial charge in [0, 0.05) is 18.7 Å². The number of nitrogens with one attached hydrogen (secondary N) is 1. The number of aliphatic imine (C=N–C) groups is 1. The molecule has 1 fully saturated rings. The van der Waals surface area contributed by atoms with Gasteiger partial charge in [0.15, 0.2) is 0 Å². The van der Waals surface area contributed by atoms with Crippen LogP contribution in [0.25, 0.3) is 0 Å². The van der Waals surface area contributed by atoms with Crippen LogP contribution >= 0.6 is 0 Å². The van der Waals surface area contributed by atoms with E-state index in [2.05, 4.69) is 16.9 Å². The van der Waals surface area contributed by atoms with Gasteiger partial charge in [-0.1, -0.05) is 12.1 Å². The number of carbonyl (C=O) groups excluding carboxylic acids is 1. The zero-order valence-electron chi connectivity index (χ0n) is 22.3. The van der Waals surface area contributed by atoms with Gasteiger partial charge in [0.2, 0.25) is 10.0 Å². The van der Waals surface area contributed by atoms with E-state index in [1.54, 1.807) is 19.1 Å². The van der Waals surface area contributed by atoms with Crippen molar-refractivity contribution in [2.24, 2.45) is 4.99 Å². The van der Waals surface area contributed by atoms with E-state index in [-0.39, 0.29) is 67.4 Å². The molecule has 41 heavy (non-hydrogen) atoms. The predicted molar refractivity (Wildman–Crippen MR) is 146 cm³/mol. The molecule has 2 N–H and O–H groups in total. The average molecular weight is 594 g/mol. The number of sulfonamides is 1. The number of nitrogens with zero attached hydrogens (tertiary/aromatic N) is 2. The third-order valence-electron chi connectivity index (χ3n) is 7.24.